The first-order valence-corrected chi connectivity index (χ1v) is 33.9. The van der Waals surface area contributed by atoms with Crippen molar-refractivity contribution in [2.45, 2.75) is 290 Å². The molecule has 454 valence electrons. The summed E-state index contributed by atoms with van der Waals surface area (Å²) >= 11 is 0. The van der Waals surface area contributed by atoms with E-state index in [1.54, 1.807) is 0 Å². The molecule has 0 aliphatic rings. The van der Waals surface area contributed by atoms with Crippen LogP contribution in [0.2, 0.25) is 0 Å². The molecule has 0 bridgehead atoms. The number of phosphoric ester groups is 1. The fourth-order valence-electron chi connectivity index (χ4n) is 8.91. The van der Waals surface area contributed by atoms with E-state index in [2.05, 4.69) is 111 Å². The minimum atomic E-state index is -4.41. The van der Waals surface area contributed by atoms with Gasteiger partial charge in [0.15, 0.2) is 6.10 Å². The van der Waals surface area contributed by atoms with Gasteiger partial charge in [-0.3, -0.25) is 18.6 Å². The predicted octanol–water partition coefficient (Wildman–Crippen LogP) is 21.0. The van der Waals surface area contributed by atoms with Crippen LogP contribution in [0.15, 0.2) is 109 Å². The molecule has 79 heavy (non-hydrogen) atoms. The molecule has 0 rings (SSSR count). The Morgan fingerprint density at radius 3 is 1.09 bits per heavy atom. The minimum Gasteiger partial charge on any atom is -0.462 e. The van der Waals surface area contributed by atoms with Crippen LogP contribution in [0.4, 0.5) is 0 Å². The molecule has 0 aliphatic carbocycles. The first-order valence-electron chi connectivity index (χ1n) is 32.4. The molecule has 2 atom stereocenters. The third-order valence-corrected chi connectivity index (χ3v) is 14.6. The van der Waals surface area contributed by atoms with Crippen LogP contribution in [0.3, 0.4) is 0 Å². The van der Waals surface area contributed by atoms with Crippen molar-refractivity contribution in [3.8, 4) is 0 Å². The Hall–Kier alpha value is -3.33. The van der Waals surface area contributed by atoms with E-state index in [-0.39, 0.29) is 32.6 Å². The van der Waals surface area contributed by atoms with Crippen molar-refractivity contribution in [2.75, 3.05) is 26.4 Å². The monoisotopic (exact) mass is 1120 g/mol. The maximum atomic E-state index is 12.7. The van der Waals surface area contributed by atoms with Crippen LogP contribution < -0.4 is 5.73 Å². The Labute approximate surface area is 486 Å². The van der Waals surface area contributed by atoms with E-state index < -0.39 is 32.5 Å². The molecule has 0 radical (unpaired) electrons. The number of carbonyl (C=O) groups is 2. The third kappa shape index (κ3) is 63.7. The van der Waals surface area contributed by atoms with Gasteiger partial charge in [-0.1, -0.05) is 290 Å². The first kappa shape index (κ1) is 75.7. The molecular weight excluding hydrogens is 1000 g/mol. The Bertz CT molecular complexity index is 1660. The maximum absolute atomic E-state index is 12.7. The molecule has 0 aliphatic heterocycles. The van der Waals surface area contributed by atoms with Crippen LogP contribution in [0.5, 0.6) is 0 Å². The van der Waals surface area contributed by atoms with Crippen LogP contribution >= 0.6 is 7.82 Å². The zero-order valence-electron chi connectivity index (χ0n) is 50.8. The van der Waals surface area contributed by atoms with Crippen LogP contribution in [0.25, 0.3) is 0 Å². The lowest BCUT2D eigenvalue weighted by atomic mass is 10.0. The minimum absolute atomic E-state index is 0.0382. The average molecular weight is 1120 g/mol. The smallest absolute Gasteiger partial charge is 0.462 e. The zero-order chi connectivity index (χ0) is 57.3. The second kappa shape index (κ2) is 63.8. The fourth-order valence-corrected chi connectivity index (χ4v) is 9.67. The summed E-state index contributed by atoms with van der Waals surface area (Å²) in [6, 6.07) is 0. The second-order valence-electron chi connectivity index (χ2n) is 21.2. The topological polar surface area (TPSA) is 134 Å². The van der Waals surface area contributed by atoms with Crippen LogP contribution in [0, 0.1) is 0 Å². The van der Waals surface area contributed by atoms with Crippen molar-refractivity contribution in [1.82, 2.24) is 0 Å². The Morgan fingerprint density at radius 1 is 0.392 bits per heavy atom. The van der Waals surface area contributed by atoms with Crippen LogP contribution in [0.1, 0.15) is 284 Å². The third-order valence-electron chi connectivity index (χ3n) is 13.7. The molecule has 3 N–H and O–H groups in total. The highest BCUT2D eigenvalue weighted by atomic mass is 31.2. The number of hydrogen-bond donors (Lipinski definition) is 2. The van der Waals surface area contributed by atoms with Gasteiger partial charge in [0.05, 0.1) is 13.2 Å². The molecule has 0 aromatic carbocycles. The molecule has 0 aromatic rings. The molecular formula is C69H120NO8P. The highest BCUT2D eigenvalue weighted by Gasteiger charge is 2.26. The van der Waals surface area contributed by atoms with Gasteiger partial charge in [0.2, 0.25) is 0 Å². The molecule has 0 amide bonds. The number of ether oxygens (including phenoxy) is 2. The van der Waals surface area contributed by atoms with Gasteiger partial charge in [-0.2, -0.15) is 0 Å². The normalized spacial score (nSPS) is 13.7. The molecule has 0 saturated carbocycles. The average Bonchev–Trinajstić information content (AvgIpc) is 3.44. The van der Waals surface area contributed by atoms with Gasteiger partial charge in [0, 0.05) is 19.4 Å². The number of hydrogen-bond acceptors (Lipinski definition) is 8. The van der Waals surface area contributed by atoms with Crippen molar-refractivity contribution in [3.63, 3.8) is 0 Å². The van der Waals surface area contributed by atoms with Crippen molar-refractivity contribution >= 4 is 19.8 Å². The first-order chi connectivity index (χ1) is 38.8. The number of allylic oxidation sites excluding steroid dienone is 18. The number of esters is 2. The Kier molecular flexibility index (Phi) is 61.2. The van der Waals surface area contributed by atoms with Crippen molar-refractivity contribution in [1.29, 1.82) is 0 Å². The Balaban J connectivity index is 3.86. The lowest BCUT2D eigenvalue weighted by Crippen LogP contribution is -2.29. The summed E-state index contributed by atoms with van der Waals surface area (Å²) in [4.78, 5) is 35.2. The number of carbonyl (C=O) groups excluding carboxylic acids is 2. The summed E-state index contributed by atoms with van der Waals surface area (Å²) in [5.41, 5.74) is 5.38. The fraction of sp³-hybridized carbons (Fsp3) is 0.710. The summed E-state index contributed by atoms with van der Waals surface area (Å²) in [5, 5.41) is 0. The standard InChI is InChI=1S/C69H120NO8P/c1-3-5-7-9-11-13-15-17-19-21-23-24-25-26-27-28-29-30-31-32-33-34-35-36-37-38-39-40-41-42-44-45-47-49-51-53-55-57-59-61-68(71)75-65-67(66-77-79(73,74)76-64-63-70)78-69(72)62-60-58-56-54-52-50-48-46-43-22-20-18-16-14-12-10-8-6-4-2/h6,8,12,14-15,17-18,20-21,23,25-26,43,46,50,52,56,58,67H,3-5,7,9-11,13,16,19,22,24,27-42,44-45,47-49,51,53-55,57,59-66,70H2,1-2H3,(H,73,74)/b8-6-,14-12-,17-15-,20-18-,23-21-,26-25-,46-43-,52-50-,58-56-. The van der Waals surface area contributed by atoms with Gasteiger partial charge in [-0.05, 0) is 89.9 Å². The summed E-state index contributed by atoms with van der Waals surface area (Å²) in [5.74, 6) is -0.923. The van der Waals surface area contributed by atoms with Gasteiger partial charge >= 0.3 is 19.8 Å². The molecule has 0 saturated heterocycles. The van der Waals surface area contributed by atoms with E-state index in [4.69, 9.17) is 24.3 Å². The highest BCUT2D eigenvalue weighted by Crippen LogP contribution is 2.43. The van der Waals surface area contributed by atoms with E-state index in [1.165, 1.54) is 180 Å². The quantitative estimate of drug-likeness (QED) is 0.0264. The van der Waals surface area contributed by atoms with Crippen molar-refractivity contribution < 1.29 is 37.6 Å². The SMILES string of the molecule is CC/C=C\C/C=C\C/C=C\C/C=C\C/C=C\C/C=C\CCC(=O)OC(COC(=O)CCCCCCCCCCCCCCCCCCCCCCCCCC/C=C\C/C=C\C/C=C\CCCCCCC)COP(=O)(O)OCCN. The Morgan fingerprint density at radius 2 is 0.722 bits per heavy atom. The van der Waals surface area contributed by atoms with E-state index >= 15 is 0 Å². The number of nitrogens with two attached hydrogens (primary N) is 1. The predicted molar refractivity (Wildman–Crippen MR) is 339 cm³/mol. The van der Waals surface area contributed by atoms with Crippen molar-refractivity contribution in [2.24, 2.45) is 5.73 Å². The van der Waals surface area contributed by atoms with E-state index in [0.29, 0.717) is 6.42 Å². The van der Waals surface area contributed by atoms with E-state index in [1.807, 2.05) is 12.2 Å². The number of unbranched alkanes of at least 4 members (excludes halogenated alkanes) is 29. The summed E-state index contributed by atoms with van der Waals surface area (Å²) in [7, 11) is -4.41. The zero-order valence-corrected chi connectivity index (χ0v) is 51.7. The number of rotatable bonds is 60. The van der Waals surface area contributed by atoms with Crippen LogP contribution in [-0.2, 0) is 32.7 Å². The molecule has 9 nitrogen and oxygen atoms in total. The molecule has 10 heteroatoms. The van der Waals surface area contributed by atoms with Crippen LogP contribution in [-0.4, -0.2) is 49.3 Å². The van der Waals surface area contributed by atoms with Gasteiger partial charge in [-0.15, -0.1) is 0 Å². The second-order valence-corrected chi connectivity index (χ2v) is 22.7. The largest absolute Gasteiger partial charge is 0.472 e. The molecule has 0 spiro atoms. The lowest BCUT2D eigenvalue weighted by Gasteiger charge is -2.19. The summed E-state index contributed by atoms with van der Waals surface area (Å²) in [6.07, 6.45) is 87.8. The molecule has 0 heterocycles. The van der Waals surface area contributed by atoms with Crippen molar-refractivity contribution in [3.05, 3.63) is 109 Å². The summed E-state index contributed by atoms with van der Waals surface area (Å²) in [6.45, 7) is 3.54. The molecule has 2 unspecified atom stereocenters. The molecule has 0 aromatic heterocycles. The van der Waals surface area contributed by atoms with E-state index in [9.17, 15) is 19.0 Å². The maximum Gasteiger partial charge on any atom is 0.472 e. The highest BCUT2D eigenvalue weighted by molar-refractivity contribution is 7.47. The van der Waals surface area contributed by atoms with Gasteiger partial charge in [0.1, 0.15) is 6.61 Å². The van der Waals surface area contributed by atoms with Gasteiger partial charge < -0.3 is 20.1 Å². The number of phosphoric acid groups is 1. The van der Waals surface area contributed by atoms with E-state index in [0.717, 1.165) is 70.6 Å². The van der Waals surface area contributed by atoms with Gasteiger partial charge in [0.25, 0.3) is 0 Å². The van der Waals surface area contributed by atoms with Gasteiger partial charge in [-0.25, -0.2) is 4.57 Å². The molecule has 0 fully saturated rings. The lowest BCUT2D eigenvalue weighted by molar-refractivity contribution is -0.161. The summed E-state index contributed by atoms with van der Waals surface area (Å²) < 4.78 is 32.9.